The van der Waals surface area contributed by atoms with Gasteiger partial charge in [-0.2, -0.15) is 0 Å². The highest BCUT2D eigenvalue weighted by atomic mass is 16.5. The minimum atomic E-state index is -1.75. The van der Waals surface area contributed by atoms with Crippen LogP contribution < -0.4 is 21.3 Å². The molecule has 2 aromatic rings. The summed E-state index contributed by atoms with van der Waals surface area (Å²) in [5.74, 6) is -1.49. The van der Waals surface area contributed by atoms with Crippen molar-refractivity contribution in [2.75, 3.05) is 12.4 Å². The average molecular weight is 381 g/mol. The van der Waals surface area contributed by atoms with Gasteiger partial charge in [-0.05, 0) is 19.9 Å². The van der Waals surface area contributed by atoms with E-state index in [1.54, 1.807) is 37.3 Å². The standard InChI is InChI=1S/C20H19N3O5/c1-4-23-10(2)9-13-14(17(23)24)20(15(16(21)28-13)18(25)27-3)11-7-5-6-8-12(11)22-19(20)26/h5-9H,4,21H2,1-3H3,(H,22,26)/t20-/m1/s1. The Kier molecular flexibility index (Phi) is 3.81. The molecule has 1 atom stereocenters. The summed E-state index contributed by atoms with van der Waals surface area (Å²) in [4.78, 5) is 39.5. The number of hydrogen-bond donors (Lipinski definition) is 2. The summed E-state index contributed by atoms with van der Waals surface area (Å²) in [6.45, 7) is 3.98. The normalized spacial score (nSPS) is 19.8. The van der Waals surface area contributed by atoms with Crippen LogP contribution in [0.5, 0.6) is 5.75 Å². The fourth-order valence-electron chi connectivity index (χ4n) is 4.15. The molecule has 1 aromatic carbocycles. The number of ether oxygens (including phenoxy) is 2. The van der Waals surface area contributed by atoms with Crippen molar-refractivity contribution >= 4 is 17.6 Å². The molecule has 4 rings (SSSR count). The van der Waals surface area contributed by atoms with Crippen molar-refractivity contribution in [3.8, 4) is 5.75 Å². The maximum Gasteiger partial charge on any atom is 0.340 e. The molecule has 28 heavy (non-hydrogen) atoms. The maximum absolute atomic E-state index is 13.4. The Bertz CT molecular complexity index is 1130. The van der Waals surface area contributed by atoms with Crippen LogP contribution in [0, 0.1) is 6.92 Å². The monoisotopic (exact) mass is 381 g/mol. The number of carbonyl (C=O) groups excluding carboxylic acids is 2. The van der Waals surface area contributed by atoms with Crippen molar-refractivity contribution in [1.29, 1.82) is 0 Å². The van der Waals surface area contributed by atoms with Crippen LogP contribution in [-0.2, 0) is 26.3 Å². The van der Waals surface area contributed by atoms with Gasteiger partial charge < -0.3 is 25.1 Å². The van der Waals surface area contributed by atoms with Gasteiger partial charge in [0.2, 0.25) is 11.8 Å². The SMILES string of the molecule is CCn1c(C)cc2c(c1=O)[C@@]1(C(=O)Nc3ccccc31)C(C(=O)OC)=C(N)O2. The number of hydrogen-bond acceptors (Lipinski definition) is 6. The Balaban J connectivity index is 2.22. The molecule has 144 valence electrons. The number of benzene rings is 1. The molecule has 2 aliphatic rings. The van der Waals surface area contributed by atoms with Crippen LogP contribution in [0.1, 0.15) is 23.7 Å². The first-order valence-corrected chi connectivity index (χ1v) is 8.80. The summed E-state index contributed by atoms with van der Waals surface area (Å²) in [6, 6.07) is 8.52. The molecule has 0 radical (unpaired) electrons. The lowest BCUT2D eigenvalue weighted by molar-refractivity contribution is -0.138. The predicted octanol–water partition coefficient (Wildman–Crippen LogP) is 1.15. The third-order valence-electron chi connectivity index (χ3n) is 5.31. The molecule has 2 aliphatic heterocycles. The van der Waals surface area contributed by atoms with Gasteiger partial charge in [-0.3, -0.25) is 9.59 Å². The predicted molar refractivity (Wildman–Crippen MR) is 101 cm³/mol. The Hall–Kier alpha value is -3.55. The van der Waals surface area contributed by atoms with Gasteiger partial charge >= 0.3 is 5.97 Å². The lowest BCUT2D eigenvalue weighted by atomic mass is 9.68. The number of fused-ring (bicyclic) bond motifs is 4. The molecule has 0 fully saturated rings. The van der Waals surface area contributed by atoms with Gasteiger partial charge in [-0.25, -0.2) is 4.79 Å². The van der Waals surface area contributed by atoms with Crippen molar-refractivity contribution in [2.24, 2.45) is 5.73 Å². The molecule has 0 bridgehead atoms. The Morgan fingerprint density at radius 2 is 2.04 bits per heavy atom. The second kappa shape index (κ2) is 5.98. The van der Waals surface area contributed by atoms with Crippen molar-refractivity contribution in [3.05, 3.63) is 69.0 Å². The number of anilines is 1. The molecule has 8 nitrogen and oxygen atoms in total. The first-order chi connectivity index (χ1) is 13.4. The zero-order chi connectivity index (χ0) is 20.2. The van der Waals surface area contributed by atoms with Crippen LogP contribution in [0.15, 0.2) is 46.6 Å². The van der Waals surface area contributed by atoms with E-state index in [4.69, 9.17) is 15.2 Å². The fourth-order valence-corrected chi connectivity index (χ4v) is 4.15. The molecule has 1 spiro atoms. The molecule has 3 heterocycles. The molecule has 0 saturated carbocycles. The Labute approximate surface area is 160 Å². The zero-order valence-electron chi connectivity index (χ0n) is 15.7. The summed E-state index contributed by atoms with van der Waals surface area (Å²) < 4.78 is 12.1. The number of pyridine rings is 1. The van der Waals surface area contributed by atoms with Crippen LogP contribution in [-0.4, -0.2) is 23.6 Å². The second-order valence-corrected chi connectivity index (χ2v) is 6.66. The summed E-state index contributed by atoms with van der Waals surface area (Å²) in [5.41, 5.74) is 5.38. The average Bonchev–Trinajstić information content (AvgIpc) is 2.94. The molecule has 0 aliphatic carbocycles. The number of esters is 1. The van der Waals surface area contributed by atoms with E-state index in [2.05, 4.69) is 5.32 Å². The minimum Gasteiger partial charge on any atom is -0.465 e. The maximum atomic E-state index is 13.4. The molecule has 1 aromatic heterocycles. The topological polar surface area (TPSA) is 113 Å². The smallest absolute Gasteiger partial charge is 0.340 e. The summed E-state index contributed by atoms with van der Waals surface area (Å²) in [6.07, 6.45) is 0. The number of methoxy groups -OCH3 is 1. The van der Waals surface area contributed by atoms with E-state index < -0.39 is 22.9 Å². The third-order valence-corrected chi connectivity index (χ3v) is 5.31. The summed E-state index contributed by atoms with van der Waals surface area (Å²) >= 11 is 0. The number of aromatic nitrogens is 1. The number of nitrogens with zero attached hydrogens (tertiary/aromatic N) is 1. The Morgan fingerprint density at radius 3 is 2.71 bits per heavy atom. The summed E-state index contributed by atoms with van der Waals surface area (Å²) in [7, 11) is 1.18. The van der Waals surface area contributed by atoms with Gasteiger partial charge in [-0.15, -0.1) is 0 Å². The van der Waals surface area contributed by atoms with E-state index in [1.807, 2.05) is 6.92 Å². The van der Waals surface area contributed by atoms with Crippen LogP contribution in [0.4, 0.5) is 5.69 Å². The van der Waals surface area contributed by atoms with E-state index in [-0.39, 0.29) is 22.8 Å². The molecule has 0 saturated heterocycles. The Morgan fingerprint density at radius 1 is 1.32 bits per heavy atom. The van der Waals surface area contributed by atoms with Crippen LogP contribution >= 0.6 is 0 Å². The van der Waals surface area contributed by atoms with Gasteiger partial charge in [0, 0.05) is 29.6 Å². The van der Waals surface area contributed by atoms with E-state index >= 15 is 0 Å². The van der Waals surface area contributed by atoms with E-state index in [9.17, 15) is 14.4 Å². The highest BCUT2D eigenvalue weighted by Crippen LogP contribution is 2.52. The molecule has 8 heteroatoms. The largest absolute Gasteiger partial charge is 0.465 e. The number of para-hydroxylation sites is 1. The second-order valence-electron chi connectivity index (χ2n) is 6.66. The zero-order valence-corrected chi connectivity index (χ0v) is 15.7. The molecular weight excluding hydrogens is 362 g/mol. The summed E-state index contributed by atoms with van der Waals surface area (Å²) in [5, 5.41) is 2.77. The van der Waals surface area contributed by atoms with Gasteiger partial charge in [0.1, 0.15) is 16.7 Å². The van der Waals surface area contributed by atoms with Crippen LogP contribution in [0.25, 0.3) is 0 Å². The van der Waals surface area contributed by atoms with Crippen molar-refractivity contribution in [3.63, 3.8) is 0 Å². The minimum absolute atomic E-state index is 0.0528. The number of nitrogens with one attached hydrogen (secondary N) is 1. The van der Waals surface area contributed by atoms with Gasteiger partial charge in [-0.1, -0.05) is 18.2 Å². The molecule has 0 unspecified atom stereocenters. The molecule has 3 N–H and O–H groups in total. The first-order valence-electron chi connectivity index (χ1n) is 8.80. The van der Waals surface area contributed by atoms with E-state index in [1.165, 1.54) is 11.7 Å². The van der Waals surface area contributed by atoms with Crippen LogP contribution in [0.2, 0.25) is 0 Å². The van der Waals surface area contributed by atoms with Crippen LogP contribution in [0.3, 0.4) is 0 Å². The van der Waals surface area contributed by atoms with Gasteiger partial charge in [0.15, 0.2) is 0 Å². The first kappa shape index (κ1) is 17.8. The number of amides is 1. The number of rotatable bonds is 2. The van der Waals surface area contributed by atoms with Gasteiger partial charge in [0.05, 0.1) is 12.7 Å². The molecule has 1 amide bonds. The van der Waals surface area contributed by atoms with Crippen molar-refractivity contribution in [2.45, 2.75) is 25.8 Å². The van der Waals surface area contributed by atoms with E-state index in [0.29, 0.717) is 23.5 Å². The van der Waals surface area contributed by atoms with Crippen molar-refractivity contribution < 1.29 is 19.1 Å². The number of aryl methyl sites for hydroxylation is 1. The third kappa shape index (κ3) is 2.02. The quantitative estimate of drug-likeness (QED) is 0.755. The molecular formula is C20H19N3O5. The van der Waals surface area contributed by atoms with E-state index in [0.717, 1.165) is 0 Å². The lowest BCUT2D eigenvalue weighted by Crippen LogP contribution is -2.50. The number of carbonyl (C=O) groups is 2. The number of nitrogens with two attached hydrogens (primary N) is 1. The highest BCUT2D eigenvalue weighted by Gasteiger charge is 2.60. The van der Waals surface area contributed by atoms with Gasteiger partial charge in [0.25, 0.3) is 5.56 Å². The van der Waals surface area contributed by atoms with Crippen molar-refractivity contribution in [1.82, 2.24) is 4.57 Å². The highest BCUT2D eigenvalue weighted by molar-refractivity contribution is 6.17. The fraction of sp³-hybridized carbons (Fsp3) is 0.250. The lowest BCUT2D eigenvalue weighted by Gasteiger charge is -2.35.